The third-order valence-electron chi connectivity index (χ3n) is 2.94. The Hall–Kier alpha value is -1.82. The molecule has 0 unspecified atom stereocenters. The zero-order valence-electron chi connectivity index (χ0n) is 11.4. The molecular weight excluding hydrogens is 338 g/mol. The van der Waals surface area contributed by atoms with E-state index in [2.05, 4.69) is 4.72 Å². The van der Waals surface area contributed by atoms with Crippen molar-refractivity contribution in [1.29, 1.82) is 0 Å². The fourth-order valence-corrected chi connectivity index (χ4v) is 2.85. The second-order valence-electron chi connectivity index (χ2n) is 4.52. The van der Waals surface area contributed by atoms with Crippen molar-refractivity contribution in [1.82, 2.24) is 4.72 Å². The monoisotopic (exact) mass is 349 g/mol. The maximum Gasteiger partial charge on any atom is 0.489 e. The Morgan fingerprint density at radius 1 is 1.22 bits per heavy atom. The minimum Gasteiger partial charge on any atom is -0.468 e. The van der Waals surface area contributed by atoms with Gasteiger partial charge in [-0.25, -0.2) is 13.1 Å². The lowest BCUT2D eigenvalue weighted by Crippen LogP contribution is -2.36. The highest BCUT2D eigenvalue weighted by atomic mass is 32.2. The minimum atomic E-state index is -4.94. The van der Waals surface area contributed by atoms with E-state index in [0.717, 1.165) is 6.07 Å². The molecule has 0 aliphatic carbocycles. The molecule has 2 aromatic rings. The molecule has 1 aromatic heterocycles. The van der Waals surface area contributed by atoms with Crippen LogP contribution in [0.1, 0.15) is 11.3 Å². The van der Waals surface area contributed by atoms with Crippen molar-refractivity contribution in [3.05, 3.63) is 47.9 Å². The summed E-state index contributed by atoms with van der Waals surface area (Å²) in [5.41, 5.74) is -2.27. The standard InChI is InChI=1S/C12H11BF3NO5S/c14-12(15,16)10-6-9(3-4-11(10)13(18)19)23(20,21)17-7-8-2-1-5-22-8/h1-6,17-19H,7H2. The lowest BCUT2D eigenvalue weighted by Gasteiger charge is -2.14. The zero-order chi connectivity index (χ0) is 17.3. The molecule has 11 heteroatoms. The number of benzene rings is 1. The molecule has 1 aromatic carbocycles. The molecule has 0 fully saturated rings. The first-order valence-electron chi connectivity index (χ1n) is 6.20. The molecule has 0 aliphatic rings. The molecule has 0 atom stereocenters. The van der Waals surface area contributed by atoms with E-state index < -0.39 is 39.2 Å². The number of hydrogen-bond donors (Lipinski definition) is 3. The van der Waals surface area contributed by atoms with Crippen LogP contribution in [0.15, 0.2) is 45.9 Å². The SMILES string of the molecule is O=S(=O)(NCc1ccco1)c1ccc(B(O)O)c(C(F)(F)F)c1. The average Bonchev–Trinajstić information content (AvgIpc) is 2.97. The molecule has 124 valence electrons. The fourth-order valence-electron chi connectivity index (χ4n) is 1.84. The molecule has 0 bridgehead atoms. The Bertz CT molecular complexity index is 774. The average molecular weight is 349 g/mol. The normalized spacial score (nSPS) is 12.4. The Morgan fingerprint density at radius 3 is 2.43 bits per heavy atom. The van der Waals surface area contributed by atoms with Gasteiger partial charge in [0.15, 0.2) is 0 Å². The Kier molecular flexibility index (Phi) is 4.85. The Labute approximate surface area is 129 Å². The van der Waals surface area contributed by atoms with E-state index in [4.69, 9.17) is 14.5 Å². The summed E-state index contributed by atoms with van der Waals surface area (Å²) in [6.45, 7) is -0.235. The molecule has 0 radical (unpaired) electrons. The first kappa shape index (κ1) is 17.5. The van der Waals surface area contributed by atoms with Crippen molar-refractivity contribution < 1.29 is 36.1 Å². The highest BCUT2D eigenvalue weighted by Crippen LogP contribution is 2.29. The largest absolute Gasteiger partial charge is 0.489 e. The van der Waals surface area contributed by atoms with Crippen molar-refractivity contribution >= 4 is 22.6 Å². The van der Waals surface area contributed by atoms with Gasteiger partial charge < -0.3 is 14.5 Å². The van der Waals surface area contributed by atoms with E-state index in [1.54, 1.807) is 0 Å². The molecular formula is C12H11BF3NO5S. The van der Waals surface area contributed by atoms with E-state index in [9.17, 15) is 21.6 Å². The van der Waals surface area contributed by atoms with Crippen molar-refractivity contribution in [3.63, 3.8) is 0 Å². The molecule has 0 aliphatic heterocycles. The van der Waals surface area contributed by atoms with Gasteiger partial charge in [0, 0.05) is 0 Å². The minimum absolute atomic E-state index is 0.235. The fraction of sp³-hybridized carbons (Fsp3) is 0.167. The van der Waals surface area contributed by atoms with Crippen LogP contribution in [0.2, 0.25) is 0 Å². The van der Waals surface area contributed by atoms with Gasteiger partial charge in [-0.05, 0) is 29.7 Å². The third kappa shape index (κ3) is 4.13. The summed E-state index contributed by atoms with van der Waals surface area (Å²) in [4.78, 5) is -0.652. The number of rotatable bonds is 5. The molecule has 0 saturated carbocycles. The van der Waals surface area contributed by atoms with E-state index in [1.165, 1.54) is 18.4 Å². The highest BCUT2D eigenvalue weighted by molar-refractivity contribution is 7.89. The lowest BCUT2D eigenvalue weighted by molar-refractivity contribution is -0.137. The number of sulfonamides is 1. The van der Waals surface area contributed by atoms with Gasteiger partial charge in [0.2, 0.25) is 10.0 Å². The van der Waals surface area contributed by atoms with Crippen LogP contribution in [0.3, 0.4) is 0 Å². The van der Waals surface area contributed by atoms with Crippen LogP contribution in [0, 0.1) is 0 Å². The quantitative estimate of drug-likeness (QED) is 0.681. The smallest absolute Gasteiger partial charge is 0.468 e. The molecule has 0 amide bonds. The van der Waals surface area contributed by atoms with Crippen LogP contribution in [0.5, 0.6) is 0 Å². The van der Waals surface area contributed by atoms with Crippen molar-refractivity contribution in [2.75, 3.05) is 0 Å². The van der Waals surface area contributed by atoms with Gasteiger partial charge in [0.1, 0.15) is 5.76 Å². The van der Waals surface area contributed by atoms with Crippen molar-refractivity contribution in [3.8, 4) is 0 Å². The summed E-state index contributed by atoms with van der Waals surface area (Å²) >= 11 is 0. The molecule has 0 saturated heterocycles. The molecule has 1 heterocycles. The summed E-state index contributed by atoms with van der Waals surface area (Å²) < 4.78 is 69.9. The summed E-state index contributed by atoms with van der Waals surface area (Å²) in [7, 11) is -6.61. The molecule has 2 rings (SSSR count). The summed E-state index contributed by atoms with van der Waals surface area (Å²) in [6, 6.07) is 4.93. The van der Waals surface area contributed by atoms with Crippen LogP contribution < -0.4 is 10.2 Å². The maximum atomic E-state index is 12.9. The van der Waals surface area contributed by atoms with Crippen LogP contribution in [-0.4, -0.2) is 25.6 Å². The second-order valence-corrected chi connectivity index (χ2v) is 6.29. The van der Waals surface area contributed by atoms with E-state index in [1.807, 2.05) is 0 Å². The van der Waals surface area contributed by atoms with E-state index in [0.29, 0.717) is 12.1 Å². The van der Waals surface area contributed by atoms with E-state index >= 15 is 0 Å². The van der Waals surface area contributed by atoms with Gasteiger partial charge in [-0.15, -0.1) is 0 Å². The number of hydrogen-bond acceptors (Lipinski definition) is 5. The van der Waals surface area contributed by atoms with Gasteiger partial charge in [0.25, 0.3) is 0 Å². The second kappa shape index (κ2) is 6.36. The van der Waals surface area contributed by atoms with Crippen LogP contribution in [0.25, 0.3) is 0 Å². The van der Waals surface area contributed by atoms with Crippen LogP contribution >= 0.6 is 0 Å². The lowest BCUT2D eigenvalue weighted by atomic mass is 9.77. The van der Waals surface area contributed by atoms with Crippen LogP contribution in [-0.2, 0) is 22.7 Å². The number of alkyl halides is 3. The zero-order valence-corrected chi connectivity index (χ0v) is 12.2. The first-order valence-corrected chi connectivity index (χ1v) is 7.69. The summed E-state index contributed by atoms with van der Waals surface area (Å²) in [5, 5.41) is 17.9. The van der Waals surface area contributed by atoms with Gasteiger partial charge >= 0.3 is 13.3 Å². The molecule has 23 heavy (non-hydrogen) atoms. The van der Waals surface area contributed by atoms with Gasteiger partial charge in [0.05, 0.1) is 23.3 Å². The first-order chi connectivity index (χ1) is 10.6. The predicted octanol–water partition coefficient (Wildman–Crippen LogP) is 0.457. The molecule has 3 N–H and O–H groups in total. The Morgan fingerprint density at radius 2 is 1.91 bits per heavy atom. The molecule has 0 spiro atoms. The van der Waals surface area contributed by atoms with Gasteiger partial charge in [-0.2, -0.15) is 13.2 Å². The highest BCUT2D eigenvalue weighted by Gasteiger charge is 2.37. The predicted molar refractivity (Wildman–Crippen MR) is 74.0 cm³/mol. The van der Waals surface area contributed by atoms with Gasteiger partial charge in [-0.3, -0.25) is 0 Å². The van der Waals surface area contributed by atoms with Crippen molar-refractivity contribution in [2.45, 2.75) is 17.6 Å². The van der Waals surface area contributed by atoms with Crippen LogP contribution in [0.4, 0.5) is 13.2 Å². The third-order valence-corrected chi connectivity index (χ3v) is 4.33. The van der Waals surface area contributed by atoms with E-state index in [-0.39, 0.29) is 12.3 Å². The maximum absolute atomic E-state index is 12.9. The topological polar surface area (TPSA) is 99.8 Å². The number of furan rings is 1. The number of nitrogens with one attached hydrogen (secondary N) is 1. The van der Waals surface area contributed by atoms with Crippen molar-refractivity contribution in [2.24, 2.45) is 0 Å². The summed E-state index contributed by atoms with van der Waals surface area (Å²) in [6.07, 6.45) is -3.62. The summed E-state index contributed by atoms with van der Waals surface area (Å²) in [5.74, 6) is 0.284. The molecule has 6 nitrogen and oxygen atoms in total. The number of halogens is 3. The Balaban J connectivity index is 2.35. The van der Waals surface area contributed by atoms with Gasteiger partial charge in [-0.1, -0.05) is 6.07 Å².